The maximum absolute atomic E-state index is 9.90. The van der Waals surface area contributed by atoms with Gasteiger partial charge in [-0.1, -0.05) is 30.1 Å². The van der Waals surface area contributed by atoms with E-state index in [2.05, 4.69) is 0 Å². The molecule has 1 rings (SSSR count). The van der Waals surface area contributed by atoms with Gasteiger partial charge in [-0.3, -0.25) is 0 Å². The predicted octanol–water partition coefficient (Wildman–Crippen LogP) is 3.57. The molecule has 96 valence electrons. The molecule has 0 heterocycles. The molecule has 0 aliphatic heterocycles. The van der Waals surface area contributed by atoms with Crippen molar-refractivity contribution in [3.05, 3.63) is 28.2 Å². The Balaban J connectivity index is 2.68. The Labute approximate surface area is 116 Å². The molecule has 2 atom stereocenters. The topological polar surface area (TPSA) is 46.2 Å². The SMILES string of the molecule is CC(CC(C)(O)CN)Sc1cc(Cl)ccc1Cl. The lowest BCUT2D eigenvalue weighted by Gasteiger charge is -2.24. The standard InChI is InChI=1S/C12H17Cl2NOS/c1-8(6-12(2,16)7-15)17-11-5-9(13)3-4-10(11)14/h3-5,8,16H,6-7,15H2,1-2H3. The fraction of sp³-hybridized carbons (Fsp3) is 0.500. The van der Waals surface area contributed by atoms with Crippen LogP contribution in [0.1, 0.15) is 20.3 Å². The summed E-state index contributed by atoms with van der Waals surface area (Å²) in [4.78, 5) is 0.930. The average Bonchev–Trinajstić information content (AvgIpc) is 2.23. The minimum absolute atomic E-state index is 0.213. The summed E-state index contributed by atoms with van der Waals surface area (Å²) in [6.45, 7) is 4.02. The molecule has 17 heavy (non-hydrogen) atoms. The van der Waals surface area contributed by atoms with Crippen LogP contribution in [0.3, 0.4) is 0 Å². The molecule has 0 aromatic heterocycles. The maximum atomic E-state index is 9.90. The zero-order valence-electron chi connectivity index (χ0n) is 9.91. The Hall–Kier alpha value is 0.0700. The van der Waals surface area contributed by atoms with Crippen LogP contribution in [0.4, 0.5) is 0 Å². The molecule has 5 heteroatoms. The van der Waals surface area contributed by atoms with Crippen molar-refractivity contribution in [3.63, 3.8) is 0 Å². The van der Waals surface area contributed by atoms with Crippen LogP contribution in [-0.4, -0.2) is 22.5 Å². The summed E-state index contributed by atoms with van der Waals surface area (Å²) in [5, 5.41) is 11.5. The van der Waals surface area contributed by atoms with E-state index in [9.17, 15) is 5.11 Å². The van der Waals surface area contributed by atoms with Gasteiger partial charge < -0.3 is 10.8 Å². The van der Waals surface area contributed by atoms with E-state index in [0.29, 0.717) is 16.5 Å². The molecule has 3 N–H and O–H groups in total. The van der Waals surface area contributed by atoms with Crippen molar-refractivity contribution in [3.8, 4) is 0 Å². The van der Waals surface area contributed by atoms with Gasteiger partial charge in [-0.25, -0.2) is 0 Å². The van der Waals surface area contributed by atoms with Crippen molar-refractivity contribution in [1.29, 1.82) is 0 Å². The Morgan fingerprint density at radius 2 is 2.12 bits per heavy atom. The molecule has 2 unspecified atom stereocenters. The summed E-state index contributed by atoms with van der Waals surface area (Å²) < 4.78 is 0. The molecule has 0 fully saturated rings. The quantitative estimate of drug-likeness (QED) is 0.816. The molecule has 0 aliphatic carbocycles. The number of hydrogen-bond acceptors (Lipinski definition) is 3. The van der Waals surface area contributed by atoms with Crippen LogP contribution in [-0.2, 0) is 0 Å². The molecule has 1 aromatic rings. The number of hydrogen-bond donors (Lipinski definition) is 2. The monoisotopic (exact) mass is 293 g/mol. The predicted molar refractivity (Wildman–Crippen MR) is 76.1 cm³/mol. The summed E-state index contributed by atoms with van der Waals surface area (Å²) in [5.41, 5.74) is 4.66. The Kier molecular flexibility index (Phi) is 5.61. The summed E-state index contributed by atoms with van der Waals surface area (Å²) in [6, 6.07) is 5.37. The van der Waals surface area contributed by atoms with Crippen LogP contribution in [0.25, 0.3) is 0 Å². The molecule has 2 nitrogen and oxygen atoms in total. The van der Waals surface area contributed by atoms with Crippen LogP contribution in [0, 0.1) is 0 Å². The highest BCUT2D eigenvalue weighted by Gasteiger charge is 2.22. The summed E-state index contributed by atoms with van der Waals surface area (Å²) in [7, 11) is 0. The lowest BCUT2D eigenvalue weighted by Crippen LogP contribution is -2.36. The summed E-state index contributed by atoms with van der Waals surface area (Å²) >= 11 is 13.6. The second-order valence-corrected chi connectivity index (χ2v) is 6.73. The van der Waals surface area contributed by atoms with Gasteiger partial charge in [0.05, 0.1) is 10.6 Å². The highest BCUT2D eigenvalue weighted by atomic mass is 35.5. The first-order valence-electron chi connectivity index (χ1n) is 5.38. The van der Waals surface area contributed by atoms with Gasteiger partial charge in [-0.15, -0.1) is 11.8 Å². The van der Waals surface area contributed by atoms with E-state index < -0.39 is 5.60 Å². The zero-order chi connectivity index (χ0) is 13.1. The normalized spacial score (nSPS) is 16.6. The third kappa shape index (κ3) is 5.06. The minimum atomic E-state index is -0.836. The van der Waals surface area contributed by atoms with Gasteiger partial charge in [-0.2, -0.15) is 0 Å². The third-order valence-corrected chi connectivity index (χ3v) is 4.23. The van der Waals surface area contributed by atoms with Gasteiger partial charge in [-0.05, 0) is 31.5 Å². The maximum Gasteiger partial charge on any atom is 0.0752 e. The van der Waals surface area contributed by atoms with Crippen LogP contribution < -0.4 is 5.73 Å². The number of aliphatic hydroxyl groups is 1. The number of rotatable bonds is 5. The second kappa shape index (κ2) is 6.30. The van der Waals surface area contributed by atoms with E-state index in [1.807, 2.05) is 13.0 Å². The fourth-order valence-electron chi connectivity index (χ4n) is 1.53. The smallest absolute Gasteiger partial charge is 0.0752 e. The molecule has 1 aromatic carbocycles. The molecule has 0 spiro atoms. The molecule has 0 radical (unpaired) electrons. The molecular formula is C12H17Cl2NOS. The average molecular weight is 294 g/mol. The first-order chi connectivity index (χ1) is 7.84. The highest BCUT2D eigenvalue weighted by Crippen LogP contribution is 2.34. The van der Waals surface area contributed by atoms with Crippen molar-refractivity contribution < 1.29 is 5.11 Å². The lowest BCUT2D eigenvalue weighted by molar-refractivity contribution is 0.0608. The van der Waals surface area contributed by atoms with E-state index in [0.717, 1.165) is 4.90 Å². The molecule has 0 saturated carbocycles. The van der Waals surface area contributed by atoms with Crippen molar-refractivity contribution in [2.24, 2.45) is 5.73 Å². The van der Waals surface area contributed by atoms with Crippen molar-refractivity contribution in [2.75, 3.05) is 6.54 Å². The molecule has 0 amide bonds. The fourth-order valence-corrected chi connectivity index (χ4v) is 3.27. The molecule has 0 saturated heterocycles. The van der Waals surface area contributed by atoms with E-state index >= 15 is 0 Å². The largest absolute Gasteiger partial charge is 0.389 e. The van der Waals surface area contributed by atoms with Gasteiger partial charge in [0.1, 0.15) is 0 Å². The van der Waals surface area contributed by atoms with Crippen LogP contribution >= 0.6 is 35.0 Å². The Bertz CT molecular complexity index is 385. The summed E-state index contributed by atoms with van der Waals surface area (Å²) in [5.74, 6) is 0. The van der Waals surface area contributed by atoms with E-state index in [1.165, 1.54) is 0 Å². The van der Waals surface area contributed by atoms with E-state index in [4.69, 9.17) is 28.9 Å². The number of halogens is 2. The lowest BCUT2D eigenvalue weighted by atomic mass is 10.0. The van der Waals surface area contributed by atoms with E-state index in [1.54, 1.807) is 30.8 Å². The van der Waals surface area contributed by atoms with Crippen molar-refractivity contribution >= 4 is 35.0 Å². The number of benzene rings is 1. The number of thioether (sulfide) groups is 1. The molecule has 0 bridgehead atoms. The van der Waals surface area contributed by atoms with Gasteiger partial charge in [0.15, 0.2) is 0 Å². The van der Waals surface area contributed by atoms with Crippen LogP contribution in [0.5, 0.6) is 0 Å². The minimum Gasteiger partial charge on any atom is -0.389 e. The summed E-state index contributed by atoms with van der Waals surface area (Å²) in [6.07, 6.45) is 0.608. The Morgan fingerprint density at radius 1 is 1.47 bits per heavy atom. The zero-order valence-corrected chi connectivity index (χ0v) is 12.2. The van der Waals surface area contributed by atoms with Gasteiger partial charge >= 0.3 is 0 Å². The van der Waals surface area contributed by atoms with Gasteiger partial charge in [0.2, 0.25) is 0 Å². The second-order valence-electron chi connectivity index (χ2n) is 4.41. The molecular weight excluding hydrogens is 277 g/mol. The van der Waals surface area contributed by atoms with Gasteiger partial charge in [0, 0.05) is 21.7 Å². The van der Waals surface area contributed by atoms with E-state index in [-0.39, 0.29) is 11.8 Å². The van der Waals surface area contributed by atoms with Crippen molar-refractivity contribution in [2.45, 2.75) is 36.0 Å². The van der Waals surface area contributed by atoms with Crippen LogP contribution in [0.2, 0.25) is 10.0 Å². The highest BCUT2D eigenvalue weighted by molar-refractivity contribution is 8.00. The number of nitrogens with two attached hydrogens (primary N) is 1. The first kappa shape index (κ1) is 15.1. The third-order valence-electron chi connectivity index (χ3n) is 2.39. The molecule has 0 aliphatic rings. The van der Waals surface area contributed by atoms with Crippen molar-refractivity contribution in [1.82, 2.24) is 0 Å². The first-order valence-corrected chi connectivity index (χ1v) is 7.02. The van der Waals surface area contributed by atoms with Crippen LogP contribution in [0.15, 0.2) is 23.1 Å². The Morgan fingerprint density at radius 3 is 2.71 bits per heavy atom. The van der Waals surface area contributed by atoms with Gasteiger partial charge in [0.25, 0.3) is 0 Å².